The van der Waals surface area contributed by atoms with Crippen molar-refractivity contribution in [3.8, 4) is 28.1 Å². The molecular formula is C30H24N6O3S. The summed E-state index contributed by atoms with van der Waals surface area (Å²) in [5, 5.41) is 4.20. The third-order valence-corrected chi connectivity index (χ3v) is 7.65. The van der Waals surface area contributed by atoms with Crippen LogP contribution in [-0.2, 0) is 23.7 Å². The Morgan fingerprint density at radius 1 is 0.825 bits per heavy atom. The smallest absolute Gasteiger partial charge is 0.261 e. The van der Waals surface area contributed by atoms with E-state index in [1.54, 1.807) is 41.5 Å². The predicted molar refractivity (Wildman–Crippen MR) is 153 cm³/mol. The van der Waals surface area contributed by atoms with E-state index in [-0.39, 0.29) is 4.90 Å². The lowest BCUT2D eigenvalue weighted by Crippen LogP contribution is -2.13. The summed E-state index contributed by atoms with van der Waals surface area (Å²) in [5.74, 6) is 0.581. The van der Waals surface area contributed by atoms with Crippen LogP contribution in [0.5, 0.6) is 5.75 Å². The van der Waals surface area contributed by atoms with Gasteiger partial charge in [0, 0.05) is 30.6 Å². The van der Waals surface area contributed by atoms with Crippen LogP contribution in [0.4, 0.5) is 5.69 Å². The second kappa shape index (κ2) is 10.6. The van der Waals surface area contributed by atoms with Crippen molar-refractivity contribution in [3.05, 3.63) is 115 Å². The monoisotopic (exact) mass is 548 g/mol. The summed E-state index contributed by atoms with van der Waals surface area (Å²) in [6.07, 6.45) is 8.49. The van der Waals surface area contributed by atoms with Crippen LogP contribution >= 0.6 is 0 Å². The third kappa shape index (κ3) is 5.52. The number of ether oxygens (including phenoxy) is 1. The number of benzene rings is 3. The van der Waals surface area contributed by atoms with Gasteiger partial charge in [-0.05, 0) is 53.6 Å². The number of pyridine rings is 1. The summed E-state index contributed by atoms with van der Waals surface area (Å²) in [6.45, 7) is 0.398. The number of aromatic nitrogens is 5. The van der Waals surface area contributed by atoms with Gasteiger partial charge in [0.25, 0.3) is 10.0 Å². The van der Waals surface area contributed by atoms with Crippen LogP contribution in [-0.4, -0.2) is 33.2 Å². The standard InChI is InChI=1S/C30H24N6O3S/c1-36-19-24(16-33-36)30-18-32-28-12-7-22(14-29(28)34-30)23-13-25(17-31-15-23)35-40(37,38)27-10-8-26(9-11-27)39-20-21-5-3-2-4-6-21/h2-19,35H,20H2,1H3. The van der Waals surface area contributed by atoms with Crippen LogP contribution in [0.15, 0.2) is 115 Å². The molecule has 0 atom stereocenters. The quantitative estimate of drug-likeness (QED) is 0.268. The Hall–Kier alpha value is -5.09. The fourth-order valence-corrected chi connectivity index (χ4v) is 5.24. The van der Waals surface area contributed by atoms with E-state index in [0.29, 0.717) is 29.3 Å². The Labute approximate surface area is 231 Å². The first-order valence-corrected chi connectivity index (χ1v) is 13.9. The molecule has 0 saturated carbocycles. The molecule has 0 spiro atoms. The molecule has 0 bridgehead atoms. The minimum absolute atomic E-state index is 0.119. The lowest BCUT2D eigenvalue weighted by atomic mass is 10.1. The molecule has 0 amide bonds. The molecule has 6 rings (SSSR count). The van der Waals surface area contributed by atoms with Crippen LogP contribution < -0.4 is 9.46 Å². The number of anilines is 1. The molecule has 0 fully saturated rings. The molecule has 0 radical (unpaired) electrons. The molecule has 3 aromatic carbocycles. The van der Waals surface area contributed by atoms with Gasteiger partial charge in [0.15, 0.2) is 0 Å². The van der Waals surface area contributed by atoms with Gasteiger partial charge in [0.05, 0.1) is 45.9 Å². The van der Waals surface area contributed by atoms with Crippen LogP contribution in [0.1, 0.15) is 5.56 Å². The van der Waals surface area contributed by atoms with Gasteiger partial charge >= 0.3 is 0 Å². The number of aryl methyl sites for hydroxylation is 1. The zero-order valence-electron chi connectivity index (χ0n) is 21.5. The zero-order valence-corrected chi connectivity index (χ0v) is 22.3. The first kappa shape index (κ1) is 25.2. The van der Waals surface area contributed by atoms with E-state index in [2.05, 4.69) is 19.8 Å². The summed E-state index contributed by atoms with van der Waals surface area (Å²) < 4.78 is 36.3. The highest BCUT2D eigenvalue weighted by Crippen LogP contribution is 2.27. The Balaban J connectivity index is 1.20. The lowest BCUT2D eigenvalue weighted by Gasteiger charge is -2.11. The van der Waals surface area contributed by atoms with Gasteiger partial charge < -0.3 is 4.74 Å². The van der Waals surface area contributed by atoms with E-state index >= 15 is 0 Å². The highest BCUT2D eigenvalue weighted by molar-refractivity contribution is 7.92. The SMILES string of the molecule is Cn1cc(-c2cnc3ccc(-c4cncc(NS(=O)(=O)c5ccc(OCc6ccccc6)cc5)c4)cc3n2)cn1. The molecule has 0 aliphatic rings. The molecule has 0 aliphatic carbocycles. The molecule has 3 heterocycles. The second-order valence-electron chi connectivity index (χ2n) is 9.17. The number of hydrogen-bond donors (Lipinski definition) is 1. The number of sulfonamides is 1. The Morgan fingerprint density at radius 3 is 2.42 bits per heavy atom. The van der Waals surface area contributed by atoms with E-state index in [9.17, 15) is 8.42 Å². The van der Waals surface area contributed by atoms with E-state index < -0.39 is 10.0 Å². The normalized spacial score (nSPS) is 11.4. The Bertz CT molecular complexity index is 1910. The molecule has 198 valence electrons. The molecule has 0 unspecified atom stereocenters. The third-order valence-electron chi connectivity index (χ3n) is 6.25. The highest BCUT2D eigenvalue weighted by Gasteiger charge is 2.15. The van der Waals surface area contributed by atoms with Crippen LogP contribution in [0.2, 0.25) is 0 Å². The number of hydrogen-bond acceptors (Lipinski definition) is 7. The maximum atomic E-state index is 13.1. The first-order valence-electron chi connectivity index (χ1n) is 12.4. The maximum absolute atomic E-state index is 13.1. The van der Waals surface area contributed by atoms with Crippen LogP contribution in [0.3, 0.4) is 0 Å². The van der Waals surface area contributed by atoms with Gasteiger partial charge in [-0.3, -0.25) is 19.4 Å². The van der Waals surface area contributed by atoms with Gasteiger partial charge in [-0.1, -0.05) is 36.4 Å². The van der Waals surface area contributed by atoms with Crippen molar-refractivity contribution < 1.29 is 13.2 Å². The molecular weight excluding hydrogens is 524 g/mol. The second-order valence-corrected chi connectivity index (χ2v) is 10.9. The molecule has 9 nitrogen and oxygen atoms in total. The summed E-state index contributed by atoms with van der Waals surface area (Å²) in [6, 6.07) is 23.5. The molecule has 0 saturated heterocycles. The van der Waals surface area contributed by atoms with Crippen molar-refractivity contribution >= 4 is 26.7 Å². The van der Waals surface area contributed by atoms with E-state index in [4.69, 9.17) is 9.72 Å². The lowest BCUT2D eigenvalue weighted by molar-refractivity contribution is 0.306. The van der Waals surface area contributed by atoms with Gasteiger partial charge in [-0.25, -0.2) is 13.4 Å². The summed E-state index contributed by atoms with van der Waals surface area (Å²) in [7, 11) is -1.99. The number of nitrogens with one attached hydrogen (secondary N) is 1. The number of fused-ring (bicyclic) bond motifs is 1. The average molecular weight is 549 g/mol. The molecule has 3 aromatic heterocycles. The summed E-state index contributed by atoms with van der Waals surface area (Å²) in [5.41, 5.74) is 5.98. The Kier molecular flexibility index (Phi) is 6.67. The van der Waals surface area contributed by atoms with Crippen LogP contribution in [0, 0.1) is 0 Å². The van der Waals surface area contributed by atoms with Crippen molar-refractivity contribution in [2.75, 3.05) is 4.72 Å². The molecule has 6 aromatic rings. The van der Waals surface area contributed by atoms with E-state index in [0.717, 1.165) is 27.8 Å². The van der Waals surface area contributed by atoms with Crippen molar-refractivity contribution in [3.63, 3.8) is 0 Å². The fourth-order valence-electron chi connectivity index (χ4n) is 4.21. The number of rotatable bonds is 8. The van der Waals surface area contributed by atoms with Crippen LogP contribution in [0.25, 0.3) is 33.4 Å². The first-order chi connectivity index (χ1) is 19.4. The van der Waals surface area contributed by atoms with E-state index in [1.165, 1.54) is 18.3 Å². The van der Waals surface area contributed by atoms with Gasteiger partial charge in [-0.15, -0.1) is 0 Å². The van der Waals surface area contributed by atoms with Gasteiger partial charge in [0.1, 0.15) is 12.4 Å². The molecule has 1 N–H and O–H groups in total. The van der Waals surface area contributed by atoms with Crippen molar-refractivity contribution in [2.24, 2.45) is 7.05 Å². The Morgan fingerprint density at radius 2 is 1.65 bits per heavy atom. The largest absolute Gasteiger partial charge is 0.489 e. The fraction of sp³-hybridized carbons (Fsp3) is 0.0667. The average Bonchev–Trinajstić information content (AvgIpc) is 3.42. The van der Waals surface area contributed by atoms with Crippen molar-refractivity contribution in [1.82, 2.24) is 24.7 Å². The molecule has 40 heavy (non-hydrogen) atoms. The highest BCUT2D eigenvalue weighted by atomic mass is 32.2. The summed E-state index contributed by atoms with van der Waals surface area (Å²) in [4.78, 5) is 13.6. The zero-order chi connectivity index (χ0) is 27.5. The van der Waals surface area contributed by atoms with Crippen molar-refractivity contribution in [2.45, 2.75) is 11.5 Å². The summed E-state index contributed by atoms with van der Waals surface area (Å²) >= 11 is 0. The molecule has 0 aliphatic heterocycles. The number of nitrogens with zero attached hydrogens (tertiary/aromatic N) is 5. The topological polar surface area (TPSA) is 112 Å². The van der Waals surface area contributed by atoms with Crippen molar-refractivity contribution in [1.29, 1.82) is 0 Å². The minimum atomic E-state index is -3.84. The minimum Gasteiger partial charge on any atom is -0.489 e. The molecule has 10 heteroatoms. The van der Waals surface area contributed by atoms with Gasteiger partial charge in [-0.2, -0.15) is 5.10 Å². The maximum Gasteiger partial charge on any atom is 0.261 e. The predicted octanol–water partition coefficient (Wildman–Crippen LogP) is 5.47. The van der Waals surface area contributed by atoms with E-state index in [1.807, 2.05) is 61.8 Å². The van der Waals surface area contributed by atoms with Gasteiger partial charge in [0.2, 0.25) is 0 Å².